The molecule has 0 aliphatic heterocycles. The summed E-state index contributed by atoms with van der Waals surface area (Å²) in [4.78, 5) is 27.6. The number of hydrogen-bond acceptors (Lipinski definition) is 4. The Labute approximate surface area is 144 Å². The normalized spacial score (nSPS) is 10.6. The standard InChI is InChI=1S/C17H16ClN5O/c1-11-16(13-6-8-19-9-7-13)23-17(21-11)22-15(24)5-3-12-2-4-14(18)20-10-12/h2,4,6-10H,3,5H2,1H3,(H2,21,22,23,24). The summed E-state index contributed by atoms with van der Waals surface area (Å²) >= 11 is 5.74. The number of carbonyl (C=O) groups excluding carboxylic acids is 1. The maximum atomic E-state index is 12.1. The Morgan fingerprint density at radius 2 is 2.04 bits per heavy atom. The van der Waals surface area contributed by atoms with Crippen LogP contribution in [0.1, 0.15) is 17.7 Å². The highest BCUT2D eigenvalue weighted by molar-refractivity contribution is 6.29. The van der Waals surface area contributed by atoms with Crippen molar-refractivity contribution in [1.82, 2.24) is 19.9 Å². The molecule has 7 heteroatoms. The quantitative estimate of drug-likeness (QED) is 0.697. The van der Waals surface area contributed by atoms with E-state index in [4.69, 9.17) is 11.6 Å². The van der Waals surface area contributed by atoms with Gasteiger partial charge in [0.15, 0.2) is 0 Å². The van der Waals surface area contributed by atoms with Gasteiger partial charge >= 0.3 is 0 Å². The Bertz CT molecular complexity index is 830. The van der Waals surface area contributed by atoms with Crippen LogP contribution in [0.25, 0.3) is 11.3 Å². The lowest BCUT2D eigenvalue weighted by atomic mass is 10.1. The summed E-state index contributed by atoms with van der Waals surface area (Å²) in [5, 5.41) is 3.23. The van der Waals surface area contributed by atoms with Crippen molar-refractivity contribution in [2.24, 2.45) is 0 Å². The fourth-order valence-corrected chi connectivity index (χ4v) is 2.43. The molecule has 3 aromatic rings. The van der Waals surface area contributed by atoms with Gasteiger partial charge in [0.1, 0.15) is 5.15 Å². The number of amides is 1. The molecule has 122 valence electrons. The lowest BCUT2D eigenvalue weighted by Gasteiger charge is -2.02. The zero-order valence-electron chi connectivity index (χ0n) is 13.1. The van der Waals surface area contributed by atoms with Gasteiger partial charge in [-0.05, 0) is 37.1 Å². The van der Waals surface area contributed by atoms with E-state index in [1.807, 2.05) is 25.1 Å². The van der Waals surface area contributed by atoms with E-state index >= 15 is 0 Å². The summed E-state index contributed by atoms with van der Waals surface area (Å²) in [7, 11) is 0. The number of nitrogens with zero attached hydrogens (tertiary/aromatic N) is 3. The van der Waals surface area contributed by atoms with Gasteiger partial charge in [-0.1, -0.05) is 17.7 Å². The smallest absolute Gasteiger partial charge is 0.227 e. The van der Waals surface area contributed by atoms with Gasteiger partial charge in [-0.2, -0.15) is 0 Å². The van der Waals surface area contributed by atoms with E-state index in [0.29, 0.717) is 23.9 Å². The number of aryl methyl sites for hydroxylation is 2. The summed E-state index contributed by atoms with van der Waals surface area (Å²) in [6.45, 7) is 1.91. The zero-order valence-corrected chi connectivity index (χ0v) is 13.8. The van der Waals surface area contributed by atoms with Crippen LogP contribution in [0.2, 0.25) is 5.15 Å². The van der Waals surface area contributed by atoms with Crippen molar-refractivity contribution < 1.29 is 4.79 Å². The van der Waals surface area contributed by atoms with E-state index in [1.165, 1.54) is 0 Å². The minimum absolute atomic E-state index is 0.111. The van der Waals surface area contributed by atoms with Crippen molar-refractivity contribution in [3.8, 4) is 11.3 Å². The van der Waals surface area contributed by atoms with Gasteiger partial charge in [-0.3, -0.25) is 15.1 Å². The van der Waals surface area contributed by atoms with Crippen LogP contribution in [0.15, 0.2) is 42.9 Å². The van der Waals surface area contributed by atoms with Crippen molar-refractivity contribution in [1.29, 1.82) is 0 Å². The van der Waals surface area contributed by atoms with Gasteiger partial charge in [0, 0.05) is 36.3 Å². The molecule has 0 aliphatic rings. The van der Waals surface area contributed by atoms with Crippen LogP contribution >= 0.6 is 11.6 Å². The van der Waals surface area contributed by atoms with Gasteiger partial charge in [-0.25, -0.2) is 9.97 Å². The fraction of sp³-hybridized carbons (Fsp3) is 0.176. The molecule has 3 heterocycles. The van der Waals surface area contributed by atoms with E-state index in [0.717, 1.165) is 22.5 Å². The molecule has 3 rings (SSSR count). The molecule has 0 atom stereocenters. The molecule has 0 fully saturated rings. The molecule has 6 nitrogen and oxygen atoms in total. The van der Waals surface area contributed by atoms with Gasteiger partial charge in [-0.15, -0.1) is 0 Å². The average Bonchev–Trinajstić information content (AvgIpc) is 2.95. The van der Waals surface area contributed by atoms with E-state index in [-0.39, 0.29) is 5.91 Å². The Morgan fingerprint density at radius 1 is 1.25 bits per heavy atom. The van der Waals surface area contributed by atoms with Crippen LogP contribution in [0.5, 0.6) is 0 Å². The summed E-state index contributed by atoms with van der Waals surface area (Å²) in [5.41, 5.74) is 3.60. The zero-order chi connectivity index (χ0) is 16.9. The van der Waals surface area contributed by atoms with Crippen LogP contribution < -0.4 is 5.32 Å². The molecule has 0 unspecified atom stereocenters. The largest absolute Gasteiger partial charge is 0.328 e. The molecular weight excluding hydrogens is 326 g/mol. The van der Waals surface area contributed by atoms with Crippen molar-refractivity contribution in [3.63, 3.8) is 0 Å². The third-order valence-electron chi connectivity index (χ3n) is 3.53. The van der Waals surface area contributed by atoms with Gasteiger partial charge < -0.3 is 4.98 Å². The first kappa shape index (κ1) is 16.1. The highest BCUT2D eigenvalue weighted by atomic mass is 35.5. The van der Waals surface area contributed by atoms with E-state index < -0.39 is 0 Å². The first-order chi connectivity index (χ1) is 11.6. The Hall–Kier alpha value is -2.73. The molecule has 3 aromatic heterocycles. The molecule has 2 N–H and O–H groups in total. The van der Waals surface area contributed by atoms with Crippen molar-refractivity contribution in [3.05, 3.63) is 59.3 Å². The Balaban J connectivity index is 1.61. The second kappa shape index (κ2) is 7.23. The summed E-state index contributed by atoms with van der Waals surface area (Å²) in [6.07, 6.45) is 6.03. The van der Waals surface area contributed by atoms with E-state index in [1.54, 1.807) is 24.7 Å². The van der Waals surface area contributed by atoms with E-state index in [9.17, 15) is 4.79 Å². The summed E-state index contributed by atoms with van der Waals surface area (Å²) < 4.78 is 0. The predicted octanol–water partition coefficient (Wildman–Crippen LogP) is 3.40. The Morgan fingerprint density at radius 3 is 2.75 bits per heavy atom. The molecule has 0 radical (unpaired) electrons. The molecule has 0 aromatic carbocycles. The second-order valence-corrected chi connectivity index (χ2v) is 5.72. The first-order valence-corrected chi connectivity index (χ1v) is 7.87. The monoisotopic (exact) mass is 341 g/mol. The number of halogens is 1. The van der Waals surface area contributed by atoms with Gasteiger partial charge in [0.2, 0.25) is 11.9 Å². The molecule has 1 amide bonds. The van der Waals surface area contributed by atoms with Crippen LogP contribution in [0, 0.1) is 6.92 Å². The third kappa shape index (κ3) is 3.97. The van der Waals surface area contributed by atoms with Crippen LogP contribution in [0.4, 0.5) is 5.95 Å². The molecule has 0 aliphatic carbocycles. The summed E-state index contributed by atoms with van der Waals surface area (Å²) in [6, 6.07) is 7.33. The van der Waals surface area contributed by atoms with Crippen LogP contribution in [-0.2, 0) is 11.2 Å². The fourth-order valence-electron chi connectivity index (χ4n) is 2.32. The predicted molar refractivity (Wildman–Crippen MR) is 92.8 cm³/mol. The number of hydrogen-bond donors (Lipinski definition) is 2. The van der Waals surface area contributed by atoms with Gasteiger partial charge in [0.05, 0.1) is 5.69 Å². The minimum Gasteiger partial charge on any atom is -0.328 e. The third-order valence-corrected chi connectivity index (χ3v) is 3.75. The number of imidazole rings is 1. The van der Waals surface area contributed by atoms with Gasteiger partial charge in [0.25, 0.3) is 0 Å². The van der Waals surface area contributed by atoms with Crippen LogP contribution in [0.3, 0.4) is 0 Å². The molecule has 0 saturated heterocycles. The molecule has 0 saturated carbocycles. The number of carbonyl (C=O) groups is 1. The van der Waals surface area contributed by atoms with Crippen LogP contribution in [-0.4, -0.2) is 25.8 Å². The minimum atomic E-state index is -0.111. The number of anilines is 1. The number of rotatable bonds is 5. The van der Waals surface area contributed by atoms with E-state index in [2.05, 4.69) is 25.3 Å². The Kier molecular flexibility index (Phi) is 4.86. The highest BCUT2D eigenvalue weighted by Gasteiger charge is 2.11. The lowest BCUT2D eigenvalue weighted by Crippen LogP contribution is -2.13. The van der Waals surface area contributed by atoms with Crippen molar-refractivity contribution in [2.75, 3.05) is 5.32 Å². The highest BCUT2D eigenvalue weighted by Crippen LogP contribution is 2.22. The number of H-pyrrole nitrogens is 1. The number of aromatic amines is 1. The average molecular weight is 342 g/mol. The maximum absolute atomic E-state index is 12.1. The second-order valence-electron chi connectivity index (χ2n) is 5.33. The number of aromatic nitrogens is 4. The molecular formula is C17H16ClN5O. The van der Waals surface area contributed by atoms with Crippen molar-refractivity contribution in [2.45, 2.75) is 19.8 Å². The SMILES string of the molecule is Cc1[nH]c(NC(=O)CCc2ccc(Cl)nc2)nc1-c1ccncc1. The lowest BCUT2D eigenvalue weighted by molar-refractivity contribution is -0.116. The molecule has 24 heavy (non-hydrogen) atoms. The maximum Gasteiger partial charge on any atom is 0.227 e. The summed E-state index contributed by atoms with van der Waals surface area (Å²) in [5.74, 6) is 0.332. The number of pyridine rings is 2. The molecule has 0 spiro atoms. The van der Waals surface area contributed by atoms with Crippen molar-refractivity contribution >= 4 is 23.5 Å². The first-order valence-electron chi connectivity index (χ1n) is 7.49. The number of nitrogens with one attached hydrogen (secondary N) is 2. The topological polar surface area (TPSA) is 83.6 Å². The molecule has 0 bridgehead atoms.